The fraction of sp³-hybridized carbons (Fsp3) is 0.562. The summed E-state index contributed by atoms with van der Waals surface area (Å²) in [7, 11) is 0. The summed E-state index contributed by atoms with van der Waals surface area (Å²) in [6.45, 7) is 5.03. The Kier molecular flexibility index (Phi) is 7.73. The van der Waals surface area contributed by atoms with Crippen molar-refractivity contribution in [3.05, 3.63) is 29.8 Å². The molecule has 1 amide bonds. The molecule has 1 rings (SSSR count). The van der Waals surface area contributed by atoms with Gasteiger partial charge < -0.3 is 15.2 Å². The highest BCUT2D eigenvalue weighted by Gasteiger charge is 2.04. The van der Waals surface area contributed by atoms with E-state index in [1.165, 1.54) is 5.56 Å². The third kappa shape index (κ3) is 7.14. The minimum Gasteiger partial charge on any atom is -0.494 e. The first-order valence-electron chi connectivity index (χ1n) is 7.26. The highest BCUT2D eigenvalue weighted by Crippen LogP contribution is 2.11. The van der Waals surface area contributed by atoms with E-state index in [9.17, 15) is 9.90 Å². The average molecular weight is 279 g/mol. The Hall–Kier alpha value is -1.55. The number of aliphatic hydroxyl groups excluding tert-OH is 1. The molecule has 0 bridgehead atoms. The number of ether oxygens (including phenoxy) is 1. The van der Waals surface area contributed by atoms with Gasteiger partial charge in [0.2, 0.25) is 5.91 Å². The van der Waals surface area contributed by atoms with Gasteiger partial charge in [-0.1, -0.05) is 24.6 Å². The Balaban J connectivity index is 2.05. The number of benzene rings is 1. The van der Waals surface area contributed by atoms with Crippen molar-refractivity contribution in [2.24, 2.45) is 0 Å². The van der Waals surface area contributed by atoms with Crippen molar-refractivity contribution in [3.8, 4) is 5.75 Å². The SMILES string of the molecule is CCC(O)CCNC(=O)CCCOc1ccc(C)cc1. The van der Waals surface area contributed by atoms with Crippen LogP contribution < -0.4 is 10.1 Å². The Bertz CT molecular complexity index is 389. The lowest BCUT2D eigenvalue weighted by Crippen LogP contribution is -2.27. The molecule has 2 N–H and O–H groups in total. The van der Waals surface area contributed by atoms with Crippen LogP contribution in [0.5, 0.6) is 5.75 Å². The maximum atomic E-state index is 11.5. The maximum absolute atomic E-state index is 11.5. The van der Waals surface area contributed by atoms with Crippen LogP contribution in [-0.2, 0) is 4.79 Å². The molecule has 0 radical (unpaired) electrons. The van der Waals surface area contributed by atoms with Gasteiger partial charge in [0, 0.05) is 13.0 Å². The van der Waals surface area contributed by atoms with Crippen molar-refractivity contribution in [2.45, 2.75) is 45.6 Å². The van der Waals surface area contributed by atoms with Crippen molar-refractivity contribution in [3.63, 3.8) is 0 Å². The molecule has 112 valence electrons. The summed E-state index contributed by atoms with van der Waals surface area (Å²) < 4.78 is 5.55. The monoisotopic (exact) mass is 279 g/mol. The third-order valence-corrected chi connectivity index (χ3v) is 3.11. The van der Waals surface area contributed by atoms with E-state index in [-0.39, 0.29) is 12.0 Å². The first-order chi connectivity index (χ1) is 9.61. The molecule has 1 aromatic rings. The van der Waals surface area contributed by atoms with Gasteiger partial charge in [0.05, 0.1) is 12.7 Å². The largest absolute Gasteiger partial charge is 0.494 e. The van der Waals surface area contributed by atoms with E-state index < -0.39 is 0 Å². The molecule has 1 unspecified atom stereocenters. The van der Waals surface area contributed by atoms with Crippen LogP contribution in [0.2, 0.25) is 0 Å². The van der Waals surface area contributed by atoms with Crippen LogP contribution in [0.25, 0.3) is 0 Å². The Labute approximate surface area is 121 Å². The molecule has 0 aliphatic heterocycles. The maximum Gasteiger partial charge on any atom is 0.220 e. The molecule has 20 heavy (non-hydrogen) atoms. The van der Waals surface area contributed by atoms with Gasteiger partial charge in [-0.3, -0.25) is 4.79 Å². The quantitative estimate of drug-likeness (QED) is 0.683. The number of hydrogen-bond donors (Lipinski definition) is 2. The second-order valence-corrected chi connectivity index (χ2v) is 4.97. The molecule has 0 spiro atoms. The number of nitrogens with one attached hydrogen (secondary N) is 1. The lowest BCUT2D eigenvalue weighted by molar-refractivity contribution is -0.121. The number of aliphatic hydroxyl groups is 1. The Morgan fingerprint density at radius 3 is 2.70 bits per heavy atom. The number of aryl methyl sites for hydroxylation is 1. The summed E-state index contributed by atoms with van der Waals surface area (Å²) in [6.07, 6.45) is 2.16. The topological polar surface area (TPSA) is 58.6 Å². The van der Waals surface area contributed by atoms with Crippen molar-refractivity contribution in [1.82, 2.24) is 5.32 Å². The van der Waals surface area contributed by atoms with E-state index in [1.807, 2.05) is 38.1 Å². The molecular weight excluding hydrogens is 254 g/mol. The van der Waals surface area contributed by atoms with E-state index in [2.05, 4.69) is 5.32 Å². The summed E-state index contributed by atoms with van der Waals surface area (Å²) >= 11 is 0. The van der Waals surface area contributed by atoms with Gasteiger partial charge in [0.25, 0.3) is 0 Å². The van der Waals surface area contributed by atoms with Gasteiger partial charge in [-0.2, -0.15) is 0 Å². The van der Waals surface area contributed by atoms with Crippen LogP contribution in [0, 0.1) is 6.92 Å². The molecule has 1 atom stereocenters. The van der Waals surface area contributed by atoms with Crippen molar-refractivity contribution in [1.29, 1.82) is 0 Å². The number of rotatable bonds is 9. The average Bonchev–Trinajstić information content (AvgIpc) is 2.45. The third-order valence-electron chi connectivity index (χ3n) is 3.11. The second kappa shape index (κ2) is 9.37. The lowest BCUT2D eigenvalue weighted by atomic mass is 10.2. The van der Waals surface area contributed by atoms with Crippen molar-refractivity contribution < 1.29 is 14.6 Å². The molecule has 1 aromatic carbocycles. The number of carbonyl (C=O) groups excluding carboxylic acids is 1. The number of carbonyl (C=O) groups is 1. The molecule has 0 aliphatic carbocycles. The second-order valence-electron chi connectivity index (χ2n) is 4.97. The molecule has 4 heteroatoms. The molecule has 0 fully saturated rings. The first kappa shape index (κ1) is 16.5. The van der Waals surface area contributed by atoms with E-state index in [4.69, 9.17) is 4.74 Å². The molecule has 0 saturated heterocycles. The Morgan fingerprint density at radius 1 is 1.35 bits per heavy atom. The van der Waals surface area contributed by atoms with Crippen LogP contribution in [0.3, 0.4) is 0 Å². The summed E-state index contributed by atoms with van der Waals surface area (Å²) in [5.74, 6) is 0.850. The zero-order valence-corrected chi connectivity index (χ0v) is 12.4. The highest BCUT2D eigenvalue weighted by molar-refractivity contribution is 5.75. The number of amides is 1. The van der Waals surface area contributed by atoms with Gasteiger partial charge in [-0.25, -0.2) is 0 Å². The highest BCUT2D eigenvalue weighted by atomic mass is 16.5. The minimum absolute atomic E-state index is 0.0146. The molecule has 4 nitrogen and oxygen atoms in total. The summed E-state index contributed by atoms with van der Waals surface area (Å²) in [6, 6.07) is 7.87. The smallest absolute Gasteiger partial charge is 0.220 e. The van der Waals surface area contributed by atoms with E-state index in [0.29, 0.717) is 32.4 Å². The van der Waals surface area contributed by atoms with Crippen LogP contribution in [0.15, 0.2) is 24.3 Å². The molecule has 0 saturated carbocycles. The molecule has 0 aliphatic rings. The van der Waals surface area contributed by atoms with Crippen LogP contribution in [-0.4, -0.2) is 30.3 Å². The van der Waals surface area contributed by atoms with E-state index in [0.717, 1.165) is 12.2 Å². The number of hydrogen-bond acceptors (Lipinski definition) is 3. The van der Waals surface area contributed by atoms with Crippen molar-refractivity contribution >= 4 is 5.91 Å². The molecular formula is C16H25NO3. The van der Waals surface area contributed by atoms with Gasteiger partial charge >= 0.3 is 0 Å². The summed E-state index contributed by atoms with van der Waals surface area (Å²) in [5.41, 5.74) is 1.20. The molecule has 0 aromatic heterocycles. The van der Waals surface area contributed by atoms with Crippen LogP contribution in [0.1, 0.15) is 38.2 Å². The fourth-order valence-corrected chi connectivity index (χ4v) is 1.73. The normalized spacial score (nSPS) is 11.9. The summed E-state index contributed by atoms with van der Waals surface area (Å²) in [4.78, 5) is 11.5. The predicted molar refractivity (Wildman–Crippen MR) is 79.8 cm³/mol. The predicted octanol–water partition coefficient (Wildman–Crippen LogP) is 2.43. The molecule has 0 heterocycles. The van der Waals surface area contributed by atoms with Crippen molar-refractivity contribution in [2.75, 3.05) is 13.2 Å². The van der Waals surface area contributed by atoms with Gasteiger partial charge in [0.1, 0.15) is 5.75 Å². The first-order valence-corrected chi connectivity index (χ1v) is 7.26. The Morgan fingerprint density at radius 2 is 2.05 bits per heavy atom. The zero-order chi connectivity index (χ0) is 14.8. The van der Waals surface area contributed by atoms with E-state index in [1.54, 1.807) is 0 Å². The van der Waals surface area contributed by atoms with Crippen LogP contribution >= 0.6 is 0 Å². The lowest BCUT2D eigenvalue weighted by Gasteiger charge is -2.09. The standard InChI is InChI=1S/C16H25NO3/c1-3-14(18)10-11-17-16(19)5-4-12-20-15-8-6-13(2)7-9-15/h6-9,14,18H,3-5,10-12H2,1-2H3,(H,17,19). The summed E-state index contributed by atoms with van der Waals surface area (Å²) in [5, 5.41) is 12.2. The van der Waals surface area contributed by atoms with Crippen LogP contribution in [0.4, 0.5) is 0 Å². The fourth-order valence-electron chi connectivity index (χ4n) is 1.73. The van der Waals surface area contributed by atoms with Gasteiger partial charge in [-0.15, -0.1) is 0 Å². The minimum atomic E-state index is -0.319. The van der Waals surface area contributed by atoms with Gasteiger partial charge in [0.15, 0.2) is 0 Å². The zero-order valence-electron chi connectivity index (χ0n) is 12.4. The van der Waals surface area contributed by atoms with Gasteiger partial charge in [-0.05, 0) is 38.3 Å². The van der Waals surface area contributed by atoms with E-state index >= 15 is 0 Å².